The van der Waals surface area contributed by atoms with Gasteiger partial charge in [0.1, 0.15) is 5.60 Å². The third-order valence-electron chi connectivity index (χ3n) is 8.34. The van der Waals surface area contributed by atoms with Crippen LogP contribution in [-0.4, -0.2) is 34.6 Å². The van der Waals surface area contributed by atoms with Gasteiger partial charge < -0.3 is 14.9 Å². The number of ether oxygens (including phenoxy) is 1. The number of epoxide rings is 1. The van der Waals surface area contributed by atoms with Crippen LogP contribution in [-0.2, 0) is 4.74 Å². The molecule has 2 N–H and O–H groups in total. The van der Waals surface area contributed by atoms with Crippen molar-refractivity contribution in [2.24, 2.45) is 23.2 Å². The van der Waals surface area contributed by atoms with Gasteiger partial charge in [-0.05, 0) is 79.8 Å². The summed E-state index contributed by atoms with van der Waals surface area (Å²) >= 11 is 0. The van der Waals surface area contributed by atoms with Crippen molar-refractivity contribution >= 4 is 0 Å². The molecule has 3 heteroatoms. The van der Waals surface area contributed by atoms with E-state index in [-0.39, 0.29) is 5.60 Å². The third-order valence-corrected chi connectivity index (χ3v) is 8.34. The Labute approximate surface area is 182 Å². The first-order chi connectivity index (χ1) is 14.2. The van der Waals surface area contributed by atoms with E-state index in [0.717, 1.165) is 36.5 Å². The lowest BCUT2D eigenvalue weighted by atomic mass is 9.61. The van der Waals surface area contributed by atoms with Crippen LogP contribution < -0.4 is 0 Å². The Hall–Kier alpha value is -1.34. The molecule has 0 aromatic rings. The van der Waals surface area contributed by atoms with E-state index in [9.17, 15) is 10.2 Å². The van der Waals surface area contributed by atoms with Gasteiger partial charge in [-0.1, -0.05) is 50.0 Å². The normalized spacial score (nSPS) is 44.5. The minimum atomic E-state index is -0.615. The average Bonchev–Trinajstić information content (AvgIpc) is 3.30. The van der Waals surface area contributed by atoms with Crippen LogP contribution in [0.25, 0.3) is 0 Å². The molecule has 1 heterocycles. The van der Waals surface area contributed by atoms with Crippen LogP contribution in [0.1, 0.15) is 72.1 Å². The van der Waals surface area contributed by atoms with Gasteiger partial charge >= 0.3 is 0 Å². The first kappa shape index (κ1) is 21.9. The molecular weight excluding hydrogens is 372 g/mol. The average molecular weight is 411 g/mol. The molecule has 0 aromatic carbocycles. The lowest BCUT2D eigenvalue weighted by Crippen LogP contribution is -2.35. The van der Waals surface area contributed by atoms with E-state index >= 15 is 0 Å². The summed E-state index contributed by atoms with van der Waals surface area (Å²) < 4.78 is 5.40. The molecule has 0 aromatic heterocycles. The number of hydrogen-bond donors (Lipinski definition) is 2. The molecule has 7 atom stereocenters. The second-order valence-electron chi connectivity index (χ2n) is 10.7. The van der Waals surface area contributed by atoms with Gasteiger partial charge in [0.15, 0.2) is 0 Å². The topological polar surface area (TPSA) is 53.0 Å². The van der Waals surface area contributed by atoms with E-state index < -0.39 is 12.2 Å². The maximum Gasteiger partial charge on any atom is 0.149 e. The van der Waals surface area contributed by atoms with Crippen molar-refractivity contribution in [2.45, 2.75) is 89.9 Å². The highest BCUT2D eigenvalue weighted by Gasteiger charge is 2.50. The Morgan fingerprint density at radius 1 is 1.27 bits per heavy atom. The summed E-state index contributed by atoms with van der Waals surface area (Å²) in [4.78, 5) is 0. The molecule has 4 aliphatic rings. The van der Waals surface area contributed by atoms with Gasteiger partial charge in [-0.15, -0.1) is 0 Å². The third kappa shape index (κ3) is 4.33. The first-order valence-electron chi connectivity index (χ1n) is 11.8. The molecule has 4 fully saturated rings. The van der Waals surface area contributed by atoms with Crippen LogP contribution in [0.5, 0.6) is 0 Å². The van der Waals surface area contributed by atoms with Gasteiger partial charge in [0.05, 0.1) is 18.8 Å². The van der Waals surface area contributed by atoms with Crippen LogP contribution in [0.2, 0.25) is 0 Å². The molecule has 1 aliphatic heterocycles. The minimum absolute atomic E-state index is 0.166. The van der Waals surface area contributed by atoms with E-state index in [4.69, 9.17) is 4.74 Å². The Kier molecular flexibility index (Phi) is 6.05. The number of aliphatic hydroxyl groups is 2. The number of fused-ring (bicyclic) bond motifs is 1. The maximum atomic E-state index is 10.1. The second-order valence-corrected chi connectivity index (χ2v) is 10.7. The van der Waals surface area contributed by atoms with Crippen molar-refractivity contribution in [3.8, 4) is 11.8 Å². The number of aliphatic hydroxyl groups excluding tert-OH is 2. The molecule has 0 amide bonds. The van der Waals surface area contributed by atoms with Crippen molar-refractivity contribution in [2.75, 3.05) is 6.61 Å². The van der Waals surface area contributed by atoms with Crippen molar-refractivity contribution in [1.82, 2.24) is 0 Å². The molecule has 164 valence electrons. The zero-order chi connectivity index (χ0) is 21.5. The smallest absolute Gasteiger partial charge is 0.149 e. The van der Waals surface area contributed by atoms with Gasteiger partial charge in [0.25, 0.3) is 0 Å². The van der Waals surface area contributed by atoms with Crippen molar-refractivity contribution < 1.29 is 14.9 Å². The largest absolute Gasteiger partial charge is 0.393 e. The van der Waals surface area contributed by atoms with Gasteiger partial charge in [0, 0.05) is 12.8 Å². The van der Waals surface area contributed by atoms with E-state index in [2.05, 4.69) is 51.3 Å². The zero-order valence-corrected chi connectivity index (χ0v) is 18.9. The fourth-order valence-corrected chi connectivity index (χ4v) is 6.40. The van der Waals surface area contributed by atoms with E-state index in [1.165, 1.54) is 25.7 Å². The van der Waals surface area contributed by atoms with Crippen molar-refractivity contribution in [3.63, 3.8) is 0 Å². The molecule has 0 bridgehead atoms. The Bertz CT molecular complexity index is 806. The van der Waals surface area contributed by atoms with Crippen LogP contribution in [0.15, 0.2) is 35.5 Å². The van der Waals surface area contributed by atoms with Crippen molar-refractivity contribution in [1.29, 1.82) is 0 Å². The predicted molar refractivity (Wildman–Crippen MR) is 121 cm³/mol. The summed E-state index contributed by atoms with van der Waals surface area (Å²) in [5.41, 5.74) is 3.53. The van der Waals surface area contributed by atoms with Gasteiger partial charge in [-0.25, -0.2) is 0 Å². The van der Waals surface area contributed by atoms with Crippen LogP contribution in [0, 0.1) is 35.0 Å². The number of hydrogen-bond acceptors (Lipinski definition) is 3. The highest BCUT2D eigenvalue weighted by molar-refractivity contribution is 5.38. The molecule has 0 spiro atoms. The van der Waals surface area contributed by atoms with Gasteiger partial charge in [-0.3, -0.25) is 0 Å². The molecule has 3 aliphatic carbocycles. The molecule has 4 rings (SSSR count). The standard InChI is InChI=1S/C27H38O3/c1-18(7-5-13-26(3)17-30-26)23-11-12-24-20(8-6-14-27(23,24)4)9-10-21-15-22(28)16-25(29)19(21)2/h9-10,18,22-25,28-29H,2,6-8,11-12,14-17H2,1,3-4H3/b20-9-,21-10+/t18-,22-,23-,24+,25+,26+,27-/m1/s1. The van der Waals surface area contributed by atoms with E-state index in [0.29, 0.717) is 30.1 Å². The Morgan fingerprint density at radius 3 is 2.77 bits per heavy atom. The number of rotatable bonds is 3. The minimum Gasteiger partial charge on any atom is -0.393 e. The SMILES string of the molecule is C=C1/C(=C/C=C2/CCC[C@]3(C)[C@@H]([C@H](C)CC#C[C@@]4(C)CO4)CC[C@@H]23)C[C@@H](O)C[C@@H]1O. The quantitative estimate of drug-likeness (QED) is 0.511. The lowest BCUT2D eigenvalue weighted by molar-refractivity contribution is 0.0862. The van der Waals surface area contributed by atoms with Gasteiger partial charge in [0.2, 0.25) is 0 Å². The summed E-state index contributed by atoms with van der Waals surface area (Å²) in [5.74, 6) is 8.68. The summed E-state index contributed by atoms with van der Waals surface area (Å²) in [5, 5.41) is 20.2. The monoisotopic (exact) mass is 410 g/mol. The van der Waals surface area contributed by atoms with E-state index in [1.807, 2.05) is 0 Å². The summed E-state index contributed by atoms with van der Waals surface area (Å²) in [6.45, 7) is 11.8. The Balaban J connectivity index is 1.48. The summed E-state index contributed by atoms with van der Waals surface area (Å²) in [6, 6.07) is 0. The van der Waals surface area contributed by atoms with Crippen LogP contribution >= 0.6 is 0 Å². The fourth-order valence-electron chi connectivity index (χ4n) is 6.40. The zero-order valence-electron chi connectivity index (χ0n) is 18.9. The summed E-state index contributed by atoms with van der Waals surface area (Å²) in [6.07, 6.45) is 11.6. The lowest BCUT2D eigenvalue weighted by Gasteiger charge is -2.44. The van der Waals surface area contributed by atoms with Crippen LogP contribution in [0.3, 0.4) is 0 Å². The van der Waals surface area contributed by atoms with Crippen LogP contribution in [0.4, 0.5) is 0 Å². The maximum absolute atomic E-state index is 10.1. The van der Waals surface area contributed by atoms with Gasteiger partial charge in [-0.2, -0.15) is 0 Å². The molecule has 3 saturated carbocycles. The number of allylic oxidation sites excluding steroid dienone is 3. The highest BCUT2D eigenvalue weighted by Crippen LogP contribution is 2.59. The Morgan fingerprint density at radius 2 is 2.03 bits per heavy atom. The molecule has 3 nitrogen and oxygen atoms in total. The molecule has 30 heavy (non-hydrogen) atoms. The van der Waals surface area contributed by atoms with Crippen molar-refractivity contribution in [3.05, 3.63) is 35.5 Å². The predicted octanol–water partition coefficient (Wildman–Crippen LogP) is 4.95. The summed E-state index contributed by atoms with van der Waals surface area (Å²) in [7, 11) is 0. The molecular formula is C27H38O3. The van der Waals surface area contributed by atoms with E-state index in [1.54, 1.807) is 5.57 Å². The highest BCUT2D eigenvalue weighted by atomic mass is 16.6. The molecule has 0 unspecified atom stereocenters. The first-order valence-corrected chi connectivity index (χ1v) is 11.8. The molecule has 1 saturated heterocycles. The fraction of sp³-hybridized carbons (Fsp3) is 0.704. The molecule has 0 radical (unpaired) electrons. The second kappa shape index (κ2) is 8.30.